The lowest BCUT2D eigenvalue weighted by Gasteiger charge is -2.26. The Balaban J connectivity index is 0.000000317. The van der Waals surface area contributed by atoms with Gasteiger partial charge in [0.15, 0.2) is 0 Å². The molecule has 9 heteroatoms. The minimum absolute atomic E-state index is 0. The van der Waals surface area contributed by atoms with Gasteiger partial charge in [-0.1, -0.05) is 72.3 Å². The van der Waals surface area contributed by atoms with Gasteiger partial charge in [0, 0.05) is 36.0 Å². The highest BCUT2D eigenvalue weighted by Crippen LogP contribution is 2.28. The zero-order valence-electron chi connectivity index (χ0n) is 22.8. The zero-order chi connectivity index (χ0) is 26.2. The molecule has 0 spiro atoms. The van der Waals surface area contributed by atoms with E-state index in [9.17, 15) is 9.59 Å². The summed E-state index contributed by atoms with van der Waals surface area (Å²) in [6, 6.07) is 0.753. The fraction of sp³-hybridized carbons (Fsp3) is 0.926. The second-order valence-electron chi connectivity index (χ2n) is 12.9. The highest BCUT2D eigenvalue weighted by Gasteiger charge is 2.33. The quantitative estimate of drug-likeness (QED) is 0.271. The van der Waals surface area contributed by atoms with Crippen LogP contribution in [0.1, 0.15) is 87.5 Å². The van der Waals surface area contributed by atoms with Crippen molar-refractivity contribution in [3.8, 4) is 0 Å². The van der Waals surface area contributed by atoms with Crippen molar-refractivity contribution in [1.82, 2.24) is 20.4 Å². The van der Waals surface area contributed by atoms with Crippen LogP contribution in [-0.4, -0.2) is 73.0 Å². The Bertz CT molecular complexity index is 581. The van der Waals surface area contributed by atoms with Crippen molar-refractivity contribution >= 4 is 45.0 Å². The molecule has 0 aromatic rings. The fourth-order valence-electron chi connectivity index (χ4n) is 5.40. The average Bonchev–Trinajstić information content (AvgIpc) is 3.23. The van der Waals surface area contributed by atoms with Gasteiger partial charge in [-0.2, -0.15) is 0 Å². The first-order valence-corrected chi connectivity index (χ1v) is 16.3. The third-order valence-corrected chi connectivity index (χ3v) is 7.64. The normalized spacial score (nSPS) is 31.2. The number of fused-ring (bicyclic) bond motifs is 8. The Morgan fingerprint density at radius 1 is 0.694 bits per heavy atom. The molecule has 6 nitrogen and oxygen atoms in total. The van der Waals surface area contributed by atoms with Gasteiger partial charge >= 0.3 is 0 Å². The van der Waals surface area contributed by atoms with E-state index < -0.39 is 0 Å². The predicted molar refractivity (Wildman–Crippen MR) is 163 cm³/mol. The first kappa shape index (κ1) is 33.9. The molecule has 0 radical (unpaired) electrons. The highest BCUT2D eigenvalue weighted by atomic mass is 33.5. The number of carbonyl (C=O) groups excluding carboxylic acids is 2. The monoisotopic (exact) mass is 562 g/mol. The molecular formula is C27H54N4O2S3. The lowest BCUT2D eigenvalue weighted by atomic mass is 9.92. The van der Waals surface area contributed by atoms with Gasteiger partial charge in [0.05, 0.1) is 0 Å². The molecule has 36 heavy (non-hydrogen) atoms. The van der Waals surface area contributed by atoms with Crippen LogP contribution in [0.25, 0.3) is 0 Å². The smallest absolute Gasteiger partial charge is 0.225 e. The molecule has 0 aromatic carbocycles. The molecule has 0 aliphatic carbocycles. The SMILES string of the molecule is C.CC(C)(C)C(=O)NC1CC2CCN(CC2)C1.CC(C)(C)C(=O)NC1CC2CCN(CC2)C1.SSS. The van der Waals surface area contributed by atoms with Crippen LogP contribution in [0.5, 0.6) is 0 Å². The molecule has 2 atom stereocenters. The number of nitrogens with one attached hydrogen (secondary N) is 2. The van der Waals surface area contributed by atoms with Gasteiger partial charge in [-0.3, -0.25) is 9.59 Å². The Morgan fingerprint density at radius 3 is 1.22 bits per heavy atom. The molecule has 6 saturated heterocycles. The maximum Gasteiger partial charge on any atom is 0.225 e. The van der Waals surface area contributed by atoms with E-state index in [1.807, 2.05) is 41.5 Å². The van der Waals surface area contributed by atoms with Crippen molar-refractivity contribution in [3.05, 3.63) is 0 Å². The summed E-state index contributed by atoms with van der Waals surface area (Å²) in [6.07, 6.45) is 7.64. The van der Waals surface area contributed by atoms with Crippen LogP contribution in [0.15, 0.2) is 0 Å². The Hall–Kier alpha value is -0.0900. The van der Waals surface area contributed by atoms with Crippen LogP contribution < -0.4 is 10.6 Å². The Morgan fingerprint density at radius 2 is 0.972 bits per heavy atom. The maximum atomic E-state index is 11.9. The maximum absolute atomic E-state index is 11.9. The van der Waals surface area contributed by atoms with E-state index in [1.54, 1.807) is 0 Å². The summed E-state index contributed by atoms with van der Waals surface area (Å²) in [7, 11) is 1.14. The van der Waals surface area contributed by atoms with E-state index in [0.29, 0.717) is 12.1 Å². The zero-order valence-corrected chi connectivity index (χ0v) is 25.4. The number of rotatable bonds is 2. The number of hydrogen-bond donors (Lipinski definition) is 4. The molecule has 6 rings (SSSR count). The summed E-state index contributed by atoms with van der Waals surface area (Å²) in [5.41, 5.74) is -0.526. The minimum Gasteiger partial charge on any atom is -0.352 e. The predicted octanol–water partition coefficient (Wildman–Crippen LogP) is 5.31. The molecule has 6 heterocycles. The molecule has 6 aliphatic rings. The summed E-state index contributed by atoms with van der Waals surface area (Å²) in [4.78, 5) is 28.9. The molecule has 4 bridgehead atoms. The number of amides is 2. The summed E-state index contributed by atoms with van der Waals surface area (Å²) in [5, 5.41) is 6.44. The van der Waals surface area contributed by atoms with Crippen LogP contribution in [-0.2, 0) is 9.59 Å². The molecule has 212 valence electrons. The molecule has 6 fully saturated rings. The van der Waals surface area contributed by atoms with Crippen molar-refractivity contribution in [1.29, 1.82) is 0 Å². The molecule has 2 unspecified atom stereocenters. The van der Waals surface area contributed by atoms with Crippen LogP contribution >= 0.6 is 33.1 Å². The average molecular weight is 563 g/mol. The second-order valence-corrected chi connectivity index (χ2v) is 15.0. The van der Waals surface area contributed by atoms with E-state index in [1.165, 1.54) is 64.7 Å². The van der Waals surface area contributed by atoms with E-state index in [2.05, 4.69) is 43.8 Å². The van der Waals surface area contributed by atoms with Crippen molar-refractivity contribution in [2.24, 2.45) is 22.7 Å². The van der Waals surface area contributed by atoms with E-state index in [4.69, 9.17) is 0 Å². The summed E-state index contributed by atoms with van der Waals surface area (Å²) >= 11 is 7.14. The molecule has 2 N–H and O–H groups in total. The minimum atomic E-state index is -0.263. The molecule has 6 aliphatic heterocycles. The number of carbonyl (C=O) groups is 2. The Labute approximate surface area is 235 Å². The van der Waals surface area contributed by atoms with Crippen LogP contribution in [0.2, 0.25) is 0 Å². The Kier molecular flexibility index (Phi) is 14.6. The van der Waals surface area contributed by atoms with Gasteiger partial charge in [0.2, 0.25) is 11.8 Å². The standard InChI is InChI=1S/2C13H24N2O.CH4.H2S3/c2*1-13(2,3)12(16)14-11-8-10-4-6-15(9-11)7-5-10;;1-3-2/h2*10-11H,4-9H2,1-3H3,(H,14,16);1H4;1-2H. The van der Waals surface area contributed by atoms with Gasteiger partial charge in [0.25, 0.3) is 0 Å². The molecule has 0 aromatic heterocycles. The third-order valence-electron chi connectivity index (χ3n) is 7.64. The van der Waals surface area contributed by atoms with Crippen molar-refractivity contribution < 1.29 is 9.59 Å². The fourth-order valence-corrected chi connectivity index (χ4v) is 5.40. The highest BCUT2D eigenvalue weighted by molar-refractivity contribution is 9.01. The first-order chi connectivity index (χ1) is 16.3. The van der Waals surface area contributed by atoms with Gasteiger partial charge in [-0.05, 0) is 86.4 Å². The number of thiol groups is 2. The van der Waals surface area contributed by atoms with Gasteiger partial charge < -0.3 is 20.4 Å². The second kappa shape index (κ2) is 15.5. The van der Waals surface area contributed by atoms with E-state index in [-0.39, 0.29) is 30.1 Å². The van der Waals surface area contributed by atoms with Crippen LogP contribution in [0.4, 0.5) is 0 Å². The molecular weight excluding hydrogens is 509 g/mol. The van der Waals surface area contributed by atoms with E-state index in [0.717, 1.165) is 34.8 Å². The number of nitrogens with zero attached hydrogens (tertiary/aromatic N) is 2. The number of piperidine rings is 2. The molecule has 2 amide bonds. The summed E-state index contributed by atoms with van der Waals surface area (Å²) in [6.45, 7) is 18.9. The van der Waals surface area contributed by atoms with E-state index >= 15 is 0 Å². The van der Waals surface area contributed by atoms with Gasteiger partial charge in [0.1, 0.15) is 0 Å². The summed E-state index contributed by atoms with van der Waals surface area (Å²) in [5.74, 6) is 2.06. The van der Waals surface area contributed by atoms with Crippen molar-refractivity contribution in [2.45, 2.75) is 99.6 Å². The van der Waals surface area contributed by atoms with Crippen LogP contribution in [0, 0.1) is 22.7 Å². The third kappa shape index (κ3) is 11.7. The summed E-state index contributed by atoms with van der Waals surface area (Å²) < 4.78 is 0. The van der Waals surface area contributed by atoms with Gasteiger partial charge in [-0.25, -0.2) is 0 Å². The lowest BCUT2D eigenvalue weighted by molar-refractivity contribution is -0.130. The topological polar surface area (TPSA) is 64.7 Å². The lowest BCUT2D eigenvalue weighted by Crippen LogP contribution is -2.46. The first-order valence-electron chi connectivity index (χ1n) is 13.3. The van der Waals surface area contributed by atoms with Crippen molar-refractivity contribution in [2.75, 3.05) is 39.3 Å². The van der Waals surface area contributed by atoms with Crippen molar-refractivity contribution in [3.63, 3.8) is 0 Å². The molecule has 0 saturated carbocycles. The van der Waals surface area contributed by atoms with Crippen LogP contribution in [0.3, 0.4) is 0 Å². The number of hydrogen-bond acceptors (Lipinski definition) is 7. The van der Waals surface area contributed by atoms with Gasteiger partial charge in [-0.15, -0.1) is 0 Å². The largest absolute Gasteiger partial charge is 0.352 e.